The lowest BCUT2D eigenvalue weighted by molar-refractivity contribution is -0.00168. The van der Waals surface area contributed by atoms with Gasteiger partial charge in [-0.05, 0) is 89.9 Å². The van der Waals surface area contributed by atoms with Gasteiger partial charge in [-0.2, -0.15) is 0 Å². The van der Waals surface area contributed by atoms with E-state index in [9.17, 15) is 0 Å². The highest BCUT2D eigenvalue weighted by Crippen LogP contribution is 2.65. The molecule has 0 N–H and O–H groups in total. The van der Waals surface area contributed by atoms with E-state index in [4.69, 9.17) is 0 Å². The quantitative estimate of drug-likeness (QED) is 0.596. The molecule has 1 unspecified atom stereocenters. The van der Waals surface area contributed by atoms with Crippen LogP contribution < -0.4 is 0 Å². The number of hydrogen-bond donors (Lipinski definition) is 0. The van der Waals surface area contributed by atoms with Crippen molar-refractivity contribution in [3.8, 4) is 0 Å². The van der Waals surface area contributed by atoms with E-state index in [1.807, 2.05) is 6.20 Å². The topological polar surface area (TPSA) is 12.9 Å². The van der Waals surface area contributed by atoms with E-state index in [2.05, 4.69) is 61.5 Å². The first-order valence-corrected chi connectivity index (χ1v) is 10.1. The first kappa shape index (κ1) is 15.6. The Morgan fingerprint density at radius 1 is 1.04 bits per heavy atom. The minimum Gasteiger partial charge on any atom is -0.264 e. The lowest BCUT2D eigenvalue weighted by Gasteiger charge is -2.56. The van der Waals surface area contributed by atoms with Crippen molar-refractivity contribution in [3.63, 3.8) is 0 Å². The van der Waals surface area contributed by atoms with Crippen molar-refractivity contribution in [2.45, 2.75) is 52.4 Å². The Labute approximate surface area is 151 Å². The van der Waals surface area contributed by atoms with Gasteiger partial charge in [0.1, 0.15) is 0 Å². The molecule has 4 aliphatic carbocycles. The van der Waals surface area contributed by atoms with Gasteiger partial charge in [0.2, 0.25) is 0 Å². The summed E-state index contributed by atoms with van der Waals surface area (Å²) in [5.74, 6) is 2.53. The highest BCUT2D eigenvalue weighted by Gasteiger charge is 2.55. The maximum Gasteiger partial charge on any atom is 0.0343 e. The molecule has 4 aliphatic rings. The molecule has 1 saturated carbocycles. The SMILES string of the molecule is C[C@]12CCC=CC1=CCC1[C@@H]2CC[C@]2(C)C(c3cccnc3)=CC[C@@H]12. The molecule has 1 aromatic heterocycles. The maximum absolute atomic E-state index is 4.39. The van der Waals surface area contributed by atoms with Crippen molar-refractivity contribution >= 4 is 5.57 Å². The molecule has 1 aromatic rings. The minimum absolute atomic E-state index is 0.344. The van der Waals surface area contributed by atoms with Crippen molar-refractivity contribution in [2.75, 3.05) is 0 Å². The second-order valence-corrected chi connectivity index (χ2v) is 9.18. The van der Waals surface area contributed by atoms with Gasteiger partial charge in [-0.15, -0.1) is 0 Å². The average molecular weight is 332 g/mol. The van der Waals surface area contributed by atoms with Gasteiger partial charge in [-0.25, -0.2) is 0 Å². The van der Waals surface area contributed by atoms with E-state index in [1.165, 1.54) is 44.1 Å². The van der Waals surface area contributed by atoms with Crippen LogP contribution in [0.4, 0.5) is 0 Å². The van der Waals surface area contributed by atoms with Gasteiger partial charge >= 0.3 is 0 Å². The van der Waals surface area contributed by atoms with Crippen LogP contribution in [0, 0.1) is 28.6 Å². The van der Waals surface area contributed by atoms with Crippen LogP contribution in [0.25, 0.3) is 5.57 Å². The fraction of sp³-hybridized carbons (Fsp3) is 0.542. The lowest BCUT2D eigenvalue weighted by Crippen LogP contribution is -2.48. The zero-order valence-corrected chi connectivity index (χ0v) is 15.5. The first-order chi connectivity index (χ1) is 12.1. The molecule has 130 valence electrons. The Kier molecular flexibility index (Phi) is 3.39. The molecule has 1 heteroatoms. The Hall–Kier alpha value is -1.63. The fourth-order valence-electron chi connectivity index (χ4n) is 6.84. The van der Waals surface area contributed by atoms with Gasteiger partial charge in [0, 0.05) is 12.4 Å². The van der Waals surface area contributed by atoms with Gasteiger partial charge in [-0.1, -0.05) is 44.2 Å². The second kappa shape index (κ2) is 5.43. The Morgan fingerprint density at radius 2 is 1.96 bits per heavy atom. The predicted octanol–water partition coefficient (Wildman–Crippen LogP) is 6.20. The molecular formula is C24H29N. The van der Waals surface area contributed by atoms with Crippen LogP contribution in [-0.2, 0) is 0 Å². The van der Waals surface area contributed by atoms with E-state index in [0.717, 1.165) is 17.8 Å². The van der Waals surface area contributed by atoms with Crippen molar-refractivity contribution < 1.29 is 0 Å². The Bertz CT molecular complexity index is 771. The largest absolute Gasteiger partial charge is 0.264 e. The summed E-state index contributed by atoms with van der Waals surface area (Å²) >= 11 is 0. The maximum atomic E-state index is 4.39. The van der Waals surface area contributed by atoms with Gasteiger partial charge in [0.25, 0.3) is 0 Å². The summed E-state index contributed by atoms with van der Waals surface area (Å²) in [6, 6.07) is 4.34. The molecule has 0 bridgehead atoms. The van der Waals surface area contributed by atoms with Crippen LogP contribution in [0.5, 0.6) is 0 Å². The number of hydrogen-bond acceptors (Lipinski definition) is 1. The summed E-state index contributed by atoms with van der Waals surface area (Å²) in [4.78, 5) is 4.39. The van der Waals surface area contributed by atoms with Crippen molar-refractivity contribution in [1.82, 2.24) is 4.98 Å². The van der Waals surface area contributed by atoms with Gasteiger partial charge < -0.3 is 0 Å². The molecule has 0 amide bonds. The van der Waals surface area contributed by atoms with E-state index < -0.39 is 0 Å². The minimum atomic E-state index is 0.344. The highest BCUT2D eigenvalue weighted by atomic mass is 14.6. The third-order valence-electron chi connectivity index (χ3n) is 8.21. The van der Waals surface area contributed by atoms with Gasteiger partial charge in [0.15, 0.2) is 0 Å². The van der Waals surface area contributed by atoms with E-state index in [-0.39, 0.29) is 0 Å². The zero-order valence-electron chi connectivity index (χ0n) is 15.5. The Morgan fingerprint density at radius 3 is 2.80 bits per heavy atom. The molecule has 5 atom stereocenters. The molecular weight excluding hydrogens is 302 g/mol. The molecule has 0 spiro atoms. The summed E-state index contributed by atoms with van der Waals surface area (Å²) in [7, 11) is 0. The number of pyridine rings is 1. The van der Waals surface area contributed by atoms with Crippen LogP contribution in [0.2, 0.25) is 0 Å². The molecule has 1 heterocycles. The van der Waals surface area contributed by atoms with Crippen LogP contribution in [-0.4, -0.2) is 4.98 Å². The lowest BCUT2D eigenvalue weighted by atomic mass is 9.48. The molecule has 0 radical (unpaired) electrons. The van der Waals surface area contributed by atoms with Crippen LogP contribution in [0.1, 0.15) is 57.9 Å². The van der Waals surface area contributed by atoms with E-state index in [1.54, 1.807) is 11.1 Å². The third-order valence-corrected chi connectivity index (χ3v) is 8.21. The second-order valence-electron chi connectivity index (χ2n) is 9.18. The molecule has 0 aliphatic heterocycles. The van der Waals surface area contributed by atoms with Crippen molar-refractivity contribution in [3.05, 3.63) is 60.0 Å². The van der Waals surface area contributed by atoms with Crippen molar-refractivity contribution in [1.29, 1.82) is 0 Å². The smallest absolute Gasteiger partial charge is 0.0343 e. The number of aromatic nitrogens is 1. The zero-order chi connectivity index (χ0) is 17.1. The summed E-state index contributed by atoms with van der Waals surface area (Å²) in [6.07, 6.45) is 21.8. The molecule has 1 nitrogen and oxygen atoms in total. The van der Waals surface area contributed by atoms with Crippen LogP contribution >= 0.6 is 0 Å². The number of fused-ring (bicyclic) bond motifs is 5. The van der Waals surface area contributed by atoms with Gasteiger partial charge in [0.05, 0.1) is 0 Å². The molecule has 25 heavy (non-hydrogen) atoms. The van der Waals surface area contributed by atoms with Crippen molar-refractivity contribution in [2.24, 2.45) is 28.6 Å². The predicted molar refractivity (Wildman–Crippen MR) is 104 cm³/mol. The molecule has 0 saturated heterocycles. The number of rotatable bonds is 1. The summed E-state index contributed by atoms with van der Waals surface area (Å²) < 4.78 is 0. The molecule has 0 aromatic carbocycles. The summed E-state index contributed by atoms with van der Waals surface area (Å²) in [5.41, 5.74) is 5.34. The summed E-state index contributed by atoms with van der Waals surface area (Å²) in [6.45, 7) is 5.11. The Balaban J connectivity index is 1.51. The van der Waals surface area contributed by atoms with E-state index >= 15 is 0 Å². The fourth-order valence-corrected chi connectivity index (χ4v) is 6.84. The normalized spacial score (nSPS) is 42.1. The molecule has 1 fully saturated rings. The first-order valence-electron chi connectivity index (χ1n) is 10.1. The van der Waals surface area contributed by atoms with Crippen LogP contribution in [0.15, 0.2) is 54.4 Å². The third kappa shape index (κ3) is 2.11. The summed E-state index contributed by atoms with van der Waals surface area (Å²) in [5, 5.41) is 0. The number of allylic oxidation sites excluding steroid dienone is 6. The van der Waals surface area contributed by atoms with E-state index in [0.29, 0.717) is 10.8 Å². The van der Waals surface area contributed by atoms with Gasteiger partial charge in [-0.3, -0.25) is 4.98 Å². The number of nitrogens with zero attached hydrogens (tertiary/aromatic N) is 1. The highest BCUT2D eigenvalue weighted by molar-refractivity contribution is 5.72. The monoisotopic (exact) mass is 331 g/mol. The van der Waals surface area contributed by atoms with Crippen LogP contribution in [0.3, 0.4) is 0 Å². The standard InChI is InChI=1S/C24H29N/c1-23-13-4-3-7-18(23)8-9-19-21-11-10-20(17-6-5-15-25-16-17)24(21,2)14-12-22(19)23/h3,5-8,10,15-16,19,21-22H,4,9,11-14H2,1-2H3/t19?,21-,22-,23-,24+/m0/s1. The molecule has 5 rings (SSSR count). The average Bonchev–Trinajstić information content (AvgIpc) is 2.99.